The van der Waals surface area contributed by atoms with Crippen LogP contribution in [0, 0.1) is 18.3 Å². The standard InChI is InChI=1S/C15H22Br2S/c1-10(2)9-15(6-4-5-7-15)13(16)12-8-11(3)14(17)18-12/h8,10,13H,4-7,9H2,1-3H3. The summed E-state index contributed by atoms with van der Waals surface area (Å²) in [6.07, 6.45) is 6.92. The molecule has 1 aromatic heterocycles. The summed E-state index contributed by atoms with van der Waals surface area (Å²) in [7, 11) is 0. The Morgan fingerprint density at radius 3 is 2.39 bits per heavy atom. The molecular formula is C15H22Br2S. The lowest BCUT2D eigenvalue weighted by atomic mass is 9.75. The van der Waals surface area contributed by atoms with Crippen LogP contribution < -0.4 is 0 Å². The van der Waals surface area contributed by atoms with Gasteiger partial charge in [-0.3, -0.25) is 0 Å². The van der Waals surface area contributed by atoms with Crippen molar-refractivity contribution in [3.8, 4) is 0 Å². The maximum Gasteiger partial charge on any atom is 0.0730 e. The lowest BCUT2D eigenvalue weighted by Crippen LogP contribution is -2.24. The minimum absolute atomic E-state index is 0.491. The lowest BCUT2D eigenvalue weighted by molar-refractivity contribution is 0.232. The van der Waals surface area contributed by atoms with Crippen molar-refractivity contribution in [3.63, 3.8) is 0 Å². The lowest BCUT2D eigenvalue weighted by Gasteiger charge is -2.35. The molecule has 0 nitrogen and oxygen atoms in total. The van der Waals surface area contributed by atoms with Crippen LogP contribution in [0.3, 0.4) is 0 Å². The third-order valence-electron chi connectivity index (χ3n) is 4.08. The molecule has 0 saturated heterocycles. The van der Waals surface area contributed by atoms with E-state index >= 15 is 0 Å². The van der Waals surface area contributed by atoms with Gasteiger partial charge in [-0.15, -0.1) is 11.3 Å². The van der Waals surface area contributed by atoms with Gasteiger partial charge in [0.25, 0.3) is 0 Å². The number of alkyl halides is 1. The van der Waals surface area contributed by atoms with Crippen molar-refractivity contribution in [3.05, 3.63) is 20.3 Å². The minimum Gasteiger partial charge on any atom is -0.132 e. The first-order valence-corrected chi connectivity index (χ1v) is 9.37. The molecule has 0 spiro atoms. The van der Waals surface area contributed by atoms with Crippen molar-refractivity contribution >= 4 is 43.2 Å². The van der Waals surface area contributed by atoms with Crippen LogP contribution in [0.4, 0.5) is 0 Å². The highest BCUT2D eigenvalue weighted by atomic mass is 79.9. The average molecular weight is 394 g/mol. The largest absolute Gasteiger partial charge is 0.132 e. The second kappa shape index (κ2) is 5.97. The van der Waals surface area contributed by atoms with Crippen LogP contribution in [0.1, 0.15) is 61.2 Å². The molecule has 1 unspecified atom stereocenters. The van der Waals surface area contributed by atoms with Gasteiger partial charge in [-0.05, 0) is 65.1 Å². The normalized spacial score (nSPS) is 20.6. The first-order valence-electron chi connectivity index (χ1n) is 6.84. The summed E-state index contributed by atoms with van der Waals surface area (Å²) in [5, 5.41) is 0. The fourth-order valence-electron chi connectivity index (χ4n) is 3.36. The summed E-state index contributed by atoms with van der Waals surface area (Å²) in [6.45, 7) is 6.90. The summed E-state index contributed by atoms with van der Waals surface area (Å²) in [5.74, 6) is 0.785. The SMILES string of the molecule is Cc1cc(C(Br)C2(CC(C)C)CCCC2)sc1Br. The maximum absolute atomic E-state index is 4.04. The molecule has 1 aromatic rings. The predicted molar refractivity (Wildman–Crippen MR) is 88.8 cm³/mol. The average Bonchev–Trinajstić information content (AvgIpc) is 2.86. The molecule has 0 bridgehead atoms. The van der Waals surface area contributed by atoms with E-state index < -0.39 is 0 Å². The molecule has 1 fully saturated rings. The summed E-state index contributed by atoms with van der Waals surface area (Å²) in [4.78, 5) is 2.03. The van der Waals surface area contributed by atoms with Gasteiger partial charge in [0, 0.05) is 4.88 Å². The highest BCUT2D eigenvalue weighted by Crippen LogP contribution is 2.56. The molecule has 3 heteroatoms. The summed E-state index contributed by atoms with van der Waals surface area (Å²) in [6, 6.07) is 2.36. The zero-order valence-corrected chi connectivity index (χ0v) is 15.4. The molecule has 0 radical (unpaired) electrons. The number of hydrogen-bond acceptors (Lipinski definition) is 1. The number of thiophene rings is 1. The molecular weight excluding hydrogens is 372 g/mol. The van der Waals surface area contributed by atoms with Crippen LogP contribution in [0.2, 0.25) is 0 Å². The maximum atomic E-state index is 4.04. The Morgan fingerprint density at radius 1 is 1.33 bits per heavy atom. The molecule has 1 saturated carbocycles. The summed E-state index contributed by atoms with van der Waals surface area (Å²) >= 11 is 9.60. The molecule has 102 valence electrons. The minimum atomic E-state index is 0.491. The van der Waals surface area contributed by atoms with Gasteiger partial charge in [0.15, 0.2) is 0 Å². The van der Waals surface area contributed by atoms with Gasteiger partial charge in [0.1, 0.15) is 0 Å². The van der Waals surface area contributed by atoms with Gasteiger partial charge < -0.3 is 0 Å². The third-order valence-corrected chi connectivity index (χ3v) is 8.05. The van der Waals surface area contributed by atoms with Gasteiger partial charge in [-0.2, -0.15) is 0 Å². The van der Waals surface area contributed by atoms with E-state index in [9.17, 15) is 0 Å². The fourth-order valence-corrected chi connectivity index (χ4v) is 6.11. The van der Waals surface area contributed by atoms with E-state index in [2.05, 4.69) is 58.7 Å². The third kappa shape index (κ3) is 3.04. The van der Waals surface area contributed by atoms with Gasteiger partial charge >= 0.3 is 0 Å². The fraction of sp³-hybridized carbons (Fsp3) is 0.733. The second-order valence-corrected chi connectivity index (χ2v) is 9.45. The number of rotatable bonds is 4. The van der Waals surface area contributed by atoms with Gasteiger partial charge in [0.05, 0.1) is 8.61 Å². The summed E-state index contributed by atoms with van der Waals surface area (Å²) in [5.41, 5.74) is 1.86. The van der Waals surface area contributed by atoms with Crippen molar-refractivity contribution in [2.45, 2.75) is 57.7 Å². The zero-order valence-electron chi connectivity index (χ0n) is 11.4. The quantitative estimate of drug-likeness (QED) is 0.490. The Kier molecular flexibility index (Phi) is 4.99. The highest BCUT2D eigenvalue weighted by Gasteiger charge is 2.41. The van der Waals surface area contributed by atoms with Gasteiger partial charge in [-0.25, -0.2) is 0 Å². The van der Waals surface area contributed by atoms with Crippen LogP contribution >= 0.6 is 43.2 Å². The van der Waals surface area contributed by atoms with E-state index in [-0.39, 0.29) is 0 Å². The highest BCUT2D eigenvalue weighted by molar-refractivity contribution is 9.11. The molecule has 1 aliphatic carbocycles. The number of halogens is 2. The van der Waals surface area contributed by atoms with E-state index in [1.54, 1.807) is 0 Å². The van der Waals surface area contributed by atoms with Crippen molar-refractivity contribution in [2.75, 3.05) is 0 Å². The van der Waals surface area contributed by atoms with Crippen molar-refractivity contribution in [1.82, 2.24) is 0 Å². The first-order chi connectivity index (χ1) is 8.44. The van der Waals surface area contributed by atoms with Crippen LogP contribution in [-0.2, 0) is 0 Å². The molecule has 0 N–H and O–H groups in total. The summed E-state index contributed by atoms with van der Waals surface area (Å²) < 4.78 is 1.29. The smallest absolute Gasteiger partial charge is 0.0730 e. The van der Waals surface area contributed by atoms with E-state index in [1.165, 1.54) is 46.3 Å². The van der Waals surface area contributed by atoms with Crippen LogP contribution in [-0.4, -0.2) is 0 Å². The molecule has 1 atom stereocenters. The number of hydrogen-bond donors (Lipinski definition) is 0. The molecule has 0 amide bonds. The topological polar surface area (TPSA) is 0 Å². The van der Waals surface area contributed by atoms with Gasteiger partial charge in [0.2, 0.25) is 0 Å². The molecule has 1 heterocycles. The number of aryl methyl sites for hydroxylation is 1. The molecule has 0 aliphatic heterocycles. The molecule has 2 rings (SSSR count). The van der Waals surface area contributed by atoms with E-state index in [4.69, 9.17) is 0 Å². The Balaban J connectivity index is 2.25. The molecule has 0 aromatic carbocycles. The Hall–Kier alpha value is 0.660. The van der Waals surface area contributed by atoms with Gasteiger partial charge in [-0.1, -0.05) is 42.6 Å². The van der Waals surface area contributed by atoms with Crippen LogP contribution in [0.5, 0.6) is 0 Å². The predicted octanol–water partition coefficient (Wildman–Crippen LogP) is 6.86. The van der Waals surface area contributed by atoms with Crippen molar-refractivity contribution in [2.24, 2.45) is 11.3 Å². The zero-order chi connectivity index (χ0) is 13.3. The van der Waals surface area contributed by atoms with E-state index in [1.807, 2.05) is 11.3 Å². The Labute approximate surface area is 132 Å². The van der Waals surface area contributed by atoms with Crippen LogP contribution in [0.25, 0.3) is 0 Å². The van der Waals surface area contributed by atoms with Crippen molar-refractivity contribution in [1.29, 1.82) is 0 Å². The van der Waals surface area contributed by atoms with Crippen LogP contribution in [0.15, 0.2) is 9.85 Å². The monoisotopic (exact) mass is 392 g/mol. The van der Waals surface area contributed by atoms with E-state index in [0.29, 0.717) is 10.2 Å². The molecule has 18 heavy (non-hydrogen) atoms. The van der Waals surface area contributed by atoms with E-state index in [0.717, 1.165) is 5.92 Å². The Morgan fingerprint density at radius 2 is 1.94 bits per heavy atom. The Bertz CT molecular complexity index is 383. The van der Waals surface area contributed by atoms with Crippen molar-refractivity contribution < 1.29 is 0 Å². The first kappa shape index (κ1) is 15.1. The molecule has 1 aliphatic rings. The second-order valence-electron chi connectivity index (χ2n) is 6.14.